The number of rotatable bonds is 5. The van der Waals surface area contributed by atoms with Gasteiger partial charge in [-0.05, 0) is 43.3 Å². The lowest BCUT2D eigenvalue weighted by Crippen LogP contribution is -2.48. The van der Waals surface area contributed by atoms with Crippen LogP contribution in [0.1, 0.15) is 31.7 Å². The molecule has 3 heterocycles. The number of nitrogens with one attached hydrogen (secondary N) is 2. The molecule has 4 rings (SSSR count). The summed E-state index contributed by atoms with van der Waals surface area (Å²) in [5.74, 6) is 2.54. The van der Waals surface area contributed by atoms with Crippen molar-refractivity contribution in [2.24, 2.45) is 4.99 Å². The van der Waals surface area contributed by atoms with E-state index in [9.17, 15) is 0 Å². The summed E-state index contributed by atoms with van der Waals surface area (Å²) in [5, 5.41) is 10.5. The quantitative estimate of drug-likeness (QED) is 0.578. The molecule has 0 spiro atoms. The van der Waals surface area contributed by atoms with Crippen LogP contribution in [0.15, 0.2) is 40.7 Å². The Labute approximate surface area is 176 Å². The third-order valence-corrected chi connectivity index (χ3v) is 6.19. The van der Waals surface area contributed by atoms with E-state index in [0.29, 0.717) is 25.8 Å². The van der Waals surface area contributed by atoms with E-state index in [0.717, 1.165) is 61.9 Å². The van der Waals surface area contributed by atoms with Gasteiger partial charge in [0.05, 0.1) is 24.8 Å². The monoisotopic (exact) mass is 414 g/mol. The maximum absolute atomic E-state index is 5.93. The molecule has 7 heteroatoms. The maximum Gasteiger partial charge on any atom is 0.191 e. The lowest BCUT2D eigenvalue weighted by atomic mass is 10.1. The average molecular weight is 415 g/mol. The van der Waals surface area contributed by atoms with Crippen molar-refractivity contribution in [3.05, 3.63) is 41.3 Å². The third kappa shape index (κ3) is 5.15. The second-order valence-corrected chi connectivity index (χ2v) is 8.27. The van der Waals surface area contributed by atoms with Crippen LogP contribution in [-0.4, -0.2) is 44.8 Å². The first-order valence-corrected chi connectivity index (χ1v) is 11.4. The molecular weight excluding hydrogens is 384 g/mol. The van der Waals surface area contributed by atoms with E-state index in [1.165, 1.54) is 5.00 Å². The lowest BCUT2D eigenvalue weighted by Gasteiger charge is -2.33. The summed E-state index contributed by atoms with van der Waals surface area (Å²) in [7, 11) is 0. The van der Waals surface area contributed by atoms with Crippen molar-refractivity contribution in [2.75, 3.05) is 37.7 Å². The van der Waals surface area contributed by atoms with Crippen molar-refractivity contribution < 1.29 is 9.47 Å². The van der Waals surface area contributed by atoms with Crippen LogP contribution in [0.5, 0.6) is 11.5 Å². The zero-order valence-electron chi connectivity index (χ0n) is 17.0. The number of guanidine groups is 1. The molecule has 0 saturated carbocycles. The van der Waals surface area contributed by atoms with Crippen molar-refractivity contribution in [1.29, 1.82) is 0 Å². The number of piperidine rings is 1. The number of hydrogen-bond acceptors (Lipinski definition) is 5. The number of nitrogens with zero attached hydrogens (tertiary/aromatic N) is 2. The molecule has 2 aliphatic heterocycles. The van der Waals surface area contributed by atoms with Gasteiger partial charge in [0.2, 0.25) is 0 Å². The van der Waals surface area contributed by atoms with Crippen molar-refractivity contribution in [3.8, 4) is 11.5 Å². The maximum atomic E-state index is 5.93. The van der Waals surface area contributed by atoms with Crippen molar-refractivity contribution in [3.63, 3.8) is 0 Å². The van der Waals surface area contributed by atoms with E-state index in [2.05, 4.69) is 46.0 Å². The van der Waals surface area contributed by atoms with Gasteiger partial charge in [-0.1, -0.05) is 12.1 Å². The van der Waals surface area contributed by atoms with Gasteiger partial charge in [-0.15, -0.1) is 11.3 Å². The molecule has 156 valence electrons. The summed E-state index contributed by atoms with van der Waals surface area (Å²) in [4.78, 5) is 7.31. The van der Waals surface area contributed by atoms with E-state index < -0.39 is 0 Å². The Morgan fingerprint density at radius 2 is 2.03 bits per heavy atom. The highest BCUT2D eigenvalue weighted by molar-refractivity contribution is 7.14. The van der Waals surface area contributed by atoms with Gasteiger partial charge < -0.3 is 25.0 Å². The molecule has 1 saturated heterocycles. The number of hydrogen-bond donors (Lipinski definition) is 2. The number of aliphatic imine (C=N–C) groups is 1. The summed E-state index contributed by atoms with van der Waals surface area (Å²) >= 11 is 1.82. The van der Waals surface area contributed by atoms with E-state index >= 15 is 0 Å². The first kappa shape index (κ1) is 19.9. The van der Waals surface area contributed by atoms with E-state index in [1.807, 2.05) is 23.5 Å². The summed E-state index contributed by atoms with van der Waals surface area (Å²) in [6.07, 6.45) is 3.13. The summed E-state index contributed by atoms with van der Waals surface area (Å²) < 4.78 is 11.7. The largest absolute Gasteiger partial charge is 0.490 e. The molecule has 2 N–H and O–H groups in total. The van der Waals surface area contributed by atoms with E-state index in [-0.39, 0.29) is 0 Å². The van der Waals surface area contributed by atoms with Gasteiger partial charge >= 0.3 is 0 Å². The molecular formula is C22H30N4O2S. The van der Waals surface area contributed by atoms with Gasteiger partial charge in [0, 0.05) is 37.7 Å². The number of para-hydroxylation sites is 1. The molecule has 6 nitrogen and oxygen atoms in total. The number of fused-ring (bicyclic) bond motifs is 1. The molecule has 1 fully saturated rings. The van der Waals surface area contributed by atoms with Crippen molar-refractivity contribution in [1.82, 2.24) is 10.6 Å². The molecule has 0 atom stereocenters. The fourth-order valence-corrected chi connectivity index (χ4v) is 4.54. The predicted octanol–water partition coefficient (Wildman–Crippen LogP) is 3.63. The zero-order chi connectivity index (χ0) is 19.9. The smallest absolute Gasteiger partial charge is 0.191 e. The van der Waals surface area contributed by atoms with Crippen LogP contribution in [0.3, 0.4) is 0 Å². The first-order chi connectivity index (χ1) is 14.3. The van der Waals surface area contributed by atoms with Crippen LogP contribution >= 0.6 is 11.3 Å². The van der Waals surface area contributed by atoms with E-state index in [4.69, 9.17) is 14.5 Å². The van der Waals surface area contributed by atoms with Crippen LogP contribution in [0.25, 0.3) is 0 Å². The van der Waals surface area contributed by atoms with Gasteiger partial charge in [0.15, 0.2) is 17.5 Å². The highest BCUT2D eigenvalue weighted by Gasteiger charge is 2.21. The Morgan fingerprint density at radius 3 is 2.83 bits per heavy atom. The highest BCUT2D eigenvalue weighted by atomic mass is 32.1. The molecule has 1 aromatic carbocycles. The first-order valence-electron chi connectivity index (χ1n) is 10.5. The van der Waals surface area contributed by atoms with Gasteiger partial charge in [0.25, 0.3) is 0 Å². The number of ether oxygens (including phenoxy) is 2. The number of benzene rings is 1. The molecule has 0 bridgehead atoms. The topological polar surface area (TPSA) is 58.1 Å². The SMILES string of the molecule is CCNC(=NCc1cccc2c1OCCCO2)NC1CCN(c2cccs2)CC1. The minimum absolute atomic E-state index is 0.441. The molecule has 0 aliphatic carbocycles. The van der Waals surface area contributed by atoms with Crippen molar-refractivity contribution >= 4 is 22.3 Å². The van der Waals surface area contributed by atoms with E-state index in [1.54, 1.807) is 0 Å². The highest BCUT2D eigenvalue weighted by Crippen LogP contribution is 2.33. The fourth-order valence-electron chi connectivity index (χ4n) is 3.75. The fraction of sp³-hybridized carbons (Fsp3) is 0.500. The molecule has 0 unspecified atom stereocenters. The Kier molecular flexibility index (Phi) is 6.77. The second-order valence-electron chi connectivity index (χ2n) is 7.35. The average Bonchev–Trinajstić information content (AvgIpc) is 3.17. The van der Waals surface area contributed by atoms with Gasteiger partial charge in [-0.2, -0.15) is 0 Å². The van der Waals surface area contributed by atoms with Crippen molar-refractivity contribution in [2.45, 2.75) is 38.8 Å². The molecule has 2 aromatic rings. The standard InChI is InChI=1S/C22H30N4O2S/c1-2-23-22(25-18-9-11-26(12-10-18)20-8-4-15-29-20)24-16-17-6-3-7-19-21(17)28-14-5-13-27-19/h3-4,6-8,15,18H,2,5,9-14,16H2,1H3,(H2,23,24,25). The molecule has 0 radical (unpaired) electrons. The predicted molar refractivity (Wildman–Crippen MR) is 120 cm³/mol. The lowest BCUT2D eigenvalue weighted by molar-refractivity contribution is 0.296. The summed E-state index contributed by atoms with van der Waals surface area (Å²) in [6.45, 7) is 7.05. The van der Waals surface area contributed by atoms with Gasteiger partial charge in [0.1, 0.15) is 0 Å². The number of thiophene rings is 1. The second kappa shape index (κ2) is 9.87. The van der Waals surface area contributed by atoms with Crippen LogP contribution in [-0.2, 0) is 6.54 Å². The van der Waals surface area contributed by atoms with Gasteiger partial charge in [-0.25, -0.2) is 4.99 Å². The Bertz CT molecular complexity index is 801. The molecule has 1 aromatic heterocycles. The summed E-state index contributed by atoms with van der Waals surface area (Å²) in [5.41, 5.74) is 1.06. The van der Waals surface area contributed by atoms with Crippen LogP contribution < -0.4 is 25.0 Å². The minimum Gasteiger partial charge on any atom is -0.490 e. The van der Waals surface area contributed by atoms with Gasteiger partial charge in [-0.3, -0.25) is 0 Å². The third-order valence-electron chi connectivity index (χ3n) is 5.26. The van der Waals surface area contributed by atoms with Crippen LogP contribution in [0.2, 0.25) is 0 Å². The Balaban J connectivity index is 1.37. The molecule has 2 aliphatic rings. The minimum atomic E-state index is 0.441. The Hall–Kier alpha value is -2.41. The normalized spacial score (nSPS) is 17.7. The van der Waals surface area contributed by atoms with Crippen LogP contribution in [0.4, 0.5) is 5.00 Å². The zero-order valence-corrected chi connectivity index (χ0v) is 17.8. The molecule has 0 amide bonds. The van der Waals surface area contributed by atoms with Crippen LogP contribution in [0, 0.1) is 0 Å². The Morgan fingerprint density at radius 1 is 1.17 bits per heavy atom. The number of anilines is 1. The summed E-state index contributed by atoms with van der Waals surface area (Å²) in [6, 6.07) is 10.8. The molecule has 29 heavy (non-hydrogen) atoms.